The van der Waals surface area contributed by atoms with Gasteiger partial charge in [-0.25, -0.2) is 4.98 Å². The van der Waals surface area contributed by atoms with E-state index in [0.29, 0.717) is 12.2 Å². The van der Waals surface area contributed by atoms with Crippen molar-refractivity contribution in [2.45, 2.75) is 31.5 Å². The van der Waals surface area contributed by atoms with Gasteiger partial charge < -0.3 is 5.32 Å². The molecule has 0 bridgehead atoms. The SMILES string of the molecule is FC(F)(F)c1n[nH]c(CC2CCCN2)n1. The number of aromatic nitrogens is 3. The van der Waals surface area contributed by atoms with Crippen molar-refractivity contribution in [1.29, 1.82) is 0 Å². The first-order valence-electron chi connectivity index (χ1n) is 4.77. The third-order valence-corrected chi connectivity index (χ3v) is 2.39. The molecule has 1 unspecified atom stereocenters. The second-order valence-corrected chi connectivity index (χ2v) is 3.60. The Bertz CT molecular complexity index is 327. The standard InChI is InChI=1S/C8H11F3N4/c9-8(10,11)7-13-6(14-15-7)4-5-2-1-3-12-5/h5,12H,1-4H2,(H,13,14,15). The van der Waals surface area contributed by atoms with Gasteiger partial charge in [-0.2, -0.15) is 13.2 Å². The van der Waals surface area contributed by atoms with Crippen LogP contribution in [0.15, 0.2) is 0 Å². The number of H-pyrrole nitrogens is 1. The van der Waals surface area contributed by atoms with Crippen molar-refractivity contribution in [3.05, 3.63) is 11.6 Å². The van der Waals surface area contributed by atoms with Gasteiger partial charge in [0.15, 0.2) is 0 Å². The summed E-state index contributed by atoms with van der Waals surface area (Å²) in [6, 6.07) is 0.221. The second-order valence-electron chi connectivity index (χ2n) is 3.60. The summed E-state index contributed by atoms with van der Waals surface area (Å²) in [5.74, 6) is -0.794. The van der Waals surface area contributed by atoms with Crippen LogP contribution in [0.5, 0.6) is 0 Å². The average molecular weight is 220 g/mol. The van der Waals surface area contributed by atoms with Gasteiger partial charge in [0, 0.05) is 12.5 Å². The first-order valence-corrected chi connectivity index (χ1v) is 4.77. The van der Waals surface area contributed by atoms with Crippen molar-refractivity contribution < 1.29 is 13.2 Å². The van der Waals surface area contributed by atoms with Gasteiger partial charge in [0.05, 0.1) is 0 Å². The van der Waals surface area contributed by atoms with Gasteiger partial charge in [0.25, 0.3) is 5.82 Å². The Hall–Kier alpha value is -1.11. The van der Waals surface area contributed by atoms with E-state index < -0.39 is 12.0 Å². The Morgan fingerprint density at radius 2 is 2.20 bits per heavy atom. The molecule has 1 saturated heterocycles. The number of hydrogen-bond donors (Lipinski definition) is 2. The zero-order valence-corrected chi connectivity index (χ0v) is 7.93. The highest BCUT2D eigenvalue weighted by atomic mass is 19.4. The number of nitrogens with one attached hydrogen (secondary N) is 2. The minimum atomic E-state index is -4.46. The number of rotatable bonds is 2. The van der Waals surface area contributed by atoms with Gasteiger partial charge in [-0.15, -0.1) is 5.10 Å². The molecule has 1 atom stereocenters. The van der Waals surface area contributed by atoms with Gasteiger partial charge in [0.2, 0.25) is 0 Å². The first-order chi connectivity index (χ1) is 7.05. The molecule has 0 amide bonds. The minimum Gasteiger partial charge on any atom is -0.314 e. The first kappa shape index (κ1) is 10.4. The lowest BCUT2D eigenvalue weighted by atomic mass is 10.1. The molecule has 0 radical (unpaired) electrons. The molecule has 4 nitrogen and oxygen atoms in total. The van der Waals surface area contributed by atoms with E-state index in [0.717, 1.165) is 19.4 Å². The van der Waals surface area contributed by atoms with Crippen molar-refractivity contribution in [2.24, 2.45) is 0 Å². The lowest BCUT2D eigenvalue weighted by Crippen LogP contribution is -2.24. The lowest BCUT2D eigenvalue weighted by molar-refractivity contribution is -0.144. The zero-order chi connectivity index (χ0) is 10.9. The molecule has 0 aromatic carbocycles. The van der Waals surface area contributed by atoms with Crippen LogP contribution in [0.25, 0.3) is 0 Å². The van der Waals surface area contributed by atoms with E-state index >= 15 is 0 Å². The summed E-state index contributed by atoms with van der Waals surface area (Å²) in [7, 11) is 0. The second kappa shape index (κ2) is 3.80. The monoisotopic (exact) mass is 220 g/mol. The van der Waals surface area contributed by atoms with E-state index in [2.05, 4.69) is 20.5 Å². The Balaban J connectivity index is 2.00. The maximum absolute atomic E-state index is 12.2. The summed E-state index contributed by atoms with van der Waals surface area (Å²) in [4.78, 5) is 3.41. The van der Waals surface area contributed by atoms with E-state index in [1.54, 1.807) is 0 Å². The normalized spacial score (nSPS) is 22.2. The van der Waals surface area contributed by atoms with Crippen molar-refractivity contribution in [2.75, 3.05) is 6.54 Å². The molecule has 1 fully saturated rings. The van der Waals surface area contributed by atoms with Crippen molar-refractivity contribution >= 4 is 0 Å². The van der Waals surface area contributed by atoms with Crippen LogP contribution in [-0.4, -0.2) is 27.8 Å². The van der Waals surface area contributed by atoms with E-state index in [4.69, 9.17) is 0 Å². The van der Waals surface area contributed by atoms with Gasteiger partial charge in [-0.05, 0) is 19.4 Å². The number of halogens is 3. The van der Waals surface area contributed by atoms with Gasteiger partial charge in [0.1, 0.15) is 5.82 Å². The molecule has 0 aliphatic carbocycles. The molecule has 2 heterocycles. The largest absolute Gasteiger partial charge is 0.453 e. The average Bonchev–Trinajstić information content (AvgIpc) is 2.73. The highest BCUT2D eigenvalue weighted by Crippen LogP contribution is 2.25. The third kappa shape index (κ3) is 2.47. The highest BCUT2D eigenvalue weighted by molar-refractivity contribution is 4.97. The molecule has 1 aromatic rings. The van der Waals surface area contributed by atoms with Crippen LogP contribution in [0.4, 0.5) is 13.2 Å². The fourth-order valence-electron chi connectivity index (χ4n) is 1.68. The van der Waals surface area contributed by atoms with Crippen LogP contribution < -0.4 is 5.32 Å². The van der Waals surface area contributed by atoms with Gasteiger partial charge in [-0.3, -0.25) is 5.10 Å². The maximum Gasteiger partial charge on any atom is 0.453 e. The molecule has 1 aromatic heterocycles. The molecule has 2 rings (SSSR count). The maximum atomic E-state index is 12.2. The summed E-state index contributed by atoms with van der Waals surface area (Å²) < 4.78 is 36.5. The number of hydrogen-bond acceptors (Lipinski definition) is 3. The van der Waals surface area contributed by atoms with Crippen LogP contribution in [0.3, 0.4) is 0 Å². The van der Waals surface area contributed by atoms with E-state index in [-0.39, 0.29) is 6.04 Å². The molecule has 2 N–H and O–H groups in total. The van der Waals surface area contributed by atoms with Gasteiger partial charge >= 0.3 is 6.18 Å². The highest BCUT2D eigenvalue weighted by Gasteiger charge is 2.36. The van der Waals surface area contributed by atoms with Crippen LogP contribution in [0.2, 0.25) is 0 Å². The predicted molar refractivity (Wildman–Crippen MR) is 46.1 cm³/mol. The van der Waals surface area contributed by atoms with E-state index in [9.17, 15) is 13.2 Å². The minimum absolute atomic E-state index is 0.221. The Labute approximate surface area is 84.3 Å². The van der Waals surface area contributed by atoms with Gasteiger partial charge in [-0.1, -0.05) is 0 Å². The van der Waals surface area contributed by atoms with Crippen molar-refractivity contribution in [3.8, 4) is 0 Å². The van der Waals surface area contributed by atoms with Crippen LogP contribution >= 0.6 is 0 Å². The molecule has 84 valence electrons. The molecule has 0 spiro atoms. The molecular formula is C8H11F3N4. The molecule has 0 saturated carbocycles. The van der Waals surface area contributed by atoms with Crippen molar-refractivity contribution in [3.63, 3.8) is 0 Å². The fourth-order valence-corrected chi connectivity index (χ4v) is 1.68. The van der Waals surface area contributed by atoms with E-state index in [1.165, 1.54) is 0 Å². The number of nitrogens with zero attached hydrogens (tertiary/aromatic N) is 2. The smallest absolute Gasteiger partial charge is 0.314 e. The zero-order valence-electron chi connectivity index (χ0n) is 7.93. The summed E-state index contributed by atoms with van der Waals surface area (Å²) in [5, 5.41) is 8.64. The predicted octanol–water partition coefficient (Wildman–Crippen LogP) is 1.12. The van der Waals surface area contributed by atoms with Crippen LogP contribution in [0, 0.1) is 0 Å². The molecule has 1 aliphatic heterocycles. The number of alkyl halides is 3. The summed E-state index contributed by atoms with van der Waals surface area (Å²) in [5.41, 5.74) is 0. The Kier molecular flexibility index (Phi) is 2.64. The molecule has 1 aliphatic rings. The summed E-state index contributed by atoms with van der Waals surface area (Å²) >= 11 is 0. The van der Waals surface area contributed by atoms with Crippen LogP contribution in [0.1, 0.15) is 24.5 Å². The summed E-state index contributed by atoms with van der Waals surface area (Å²) in [6.45, 7) is 0.922. The lowest BCUT2D eigenvalue weighted by Gasteiger charge is -2.05. The van der Waals surface area contributed by atoms with Crippen molar-refractivity contribution in [1.82, 2.24) is 20.5 Å². The fraction of sp³-hybridized carbons (Fsp3) is 0.750. The molecular weight excluding hydrogens is 209 g/mol. The quantitative estimate of drug-likeness (QED) is 0.785. The summed E-state index contributed by atoms with van der Waals surface area (Å²) in [6.07, 6.45) is -1.95. The Morgan fingerprint density at radius 3 is 2.73 bits per heavy atom. The topological polar surface area (TPSA) is 53.6 Å². The van der Waals surface area contributed by atoms with E-state index in [1.807, 2.05) is 0 Å². The number of aromatic amines is 1. The third-order valence-electron chi connectivity index (χ3n) is 2.39. The molecule has 7 heteroatoms. The van der Waals surface area contributed by atoms with Crippen LogP contribution in [-0.2, 0) is 12.6 Å². The Morgan fingerprint density at radius 1 is 1.40 bits per heavy atom. The molecule has 15 heavy (non-hydrogen) atoms.